The van der Waals surface area contributed by atoms with E-state index in [1.54, 1.807) is 0 Å². The van der Waals surface area contributed by atoms with Gasteiger partial charge in [0.25, 0.3) is 0 Å². The minimum Gasteiger partial charge on any atom is -0.475 e. The van der Waals surface area contributed by atoms with Gasteiger partial charge in [-0.25, -0.2) is 9.78 Å². The minimum absolute atomic E-state index is 0.0136. The molecular weight excluding hydrogens is 194 g/mol. The maximum absolute atomic E-state index is 10.9. The first-order chi connectivity index (χ1) is 6.97. The molecule has 0 aromatic carbocycles. The van der Waals surface area contributed by atoms with E-state index in [2.05, 4.69) is 4.98 Å². The van der Waals surface area contributed by atoms with Crippen LogP contribution in [0.4, 0.5) is 0 Å². The van der Waals surface area contributed by atoms with E-state index >= 15 is 0 Å². The minimum atomic E-state index is -1.04. The van der Waals surface area contributed by atoms with Crippen molar-refractivity contribution in [3.05, 3.63) is 17.3 Å². The number of aromatic nitrogens is 1. The average Bonchev–Trinajstić information content (AvgIpc) is 2.61. The quantitative estimate of drug-likeness (QED) is 0.831. The monoisotopic (exact) mass is 211 g/mol. The van der Waals surface area contributed by atoms with Crippen molar-refractivity contribution in [3.63, 3.8) is 0 Å². The number of carboxylic acid groups (broad SMARTS) is 1. The fourth-order valence-electron chi connectivity index (χ4n) is 1.28. The molecule has 1 rings (SSSR count). The summed E-state index contributed by atoms with van der Waals surface area (Å²) in [6, 6.07) is 0. The predicted octanol–water partition coefficient (Wildman–Crippen LogP) is 3.01. The van der Waals surface area contributed by atoms with Crippen molar-refractivity contribution in [1.29, 1.82) is 0 Å². The Morgan fingerprint density at radius 1 is 1.47 bits per heavy atom. The highest BCUT2D eigenvalue weighted by Crippen LogP contribution is 2.25. The maximum atomic E-state index is 10.9. The number of hydrogen-bond acceptors (Lipinski definition) is 3. The van der Waals surface area contributed by atoms with Crippen LogP contribution in [0.2, 0.25) is 0 Å². The van der Waals surface area contributed by atoms with Crippen LogP contribution in [0.3, 0.4) is 0 Å². The van der Waals surface area contributed by atoms with Gasteiger partial charge in [-0.1, -0.05) is 27.7 Å². The van der Waals surface area contributed by atoms with Crippen molar-refractivity contribution in [2.24, 2.45) is 0 Å². The third-order valence-electron chi connectivity index (χ3n) is 2.44. The van der Waals surface area contributed by atoms with E-state index in [1.165, 1.54) is 0 Å². The van der Waals surface area contributed by atoms with Gasteiger partial charge in [0.05, 0.1) is 5.69 Å². The SMILES string of the molecule is CCC(C)c1nc(C(C)C)c(C(=O)O)o1. The molecule has 0 saturated carbocycles. The van der Waals surface area contributed by atoms with Gasteiger partial charge in [0, 0.05) is 5.92 Å². The topological polar surface area (TPSA) is 63.3 Å². The molecule has 0 spiro atoms. The number of hydrogen-bond donors (Lipinski definition) is 1. The Labute approximate surface area is 89.3 Å². The van der Waals surface area contributed by atoms with Crippen LogP contribution in [0.1, 0.15) is 68.1 Å². The first-order valence-corrected chi connectivity index (χ1v) is 5.21. The standard InChI is InChI=1S/C11H17NO3/c1-5-7(4)10-12-8(6(2)3)9(15-10)11(13)14/h6-7H,5H2,1-4H3,(H,13,14). The van der Waals surface area contributed by atoms with Crippen molar-refractivity contribution >= 4 is 5.97 Å². The average molecular weight is 211 g/mol. The molecule has 4 nitrogen and oxygen atoms in total. The molecule has 0 fully saturated rings. The number of carboxylic acids is 1. The Morgan fingerprint density at radius 3 is 2.40 bits per heavy atom. The van der Waals surface area contributed by atoms with Gasteiger partial charge in [-0.05, 0) is 12.3 Å². The van der Waals surface area contributed by atoms with Crippen LogP contribution in [-0.2, 0) is 0 Å². The van der Waals surface area contributed by atoms with Crippen molar-refractivity contribution in [2.45, 2.75) is 46.0 Å². The van der Waals surface area contributed by atoms with Crippen LogP contribution in [-0.4, -0.2) is 16.1 Å². The Morgan fingerprint density at radius 2 is 2.07 bits per heavy atom. The summed E-state index contributed by atoms with van der Waals surface area (Å²) in [7, 11) is 0. The van der Waals surface area contributed by atoms with Crippen molar-refractivity contribution < 1.29 is 14.3 Å². The first kappa shape index (κ1) is 11.8. The smallest absolute Gasteiger partial charge is 0.373 e. The van der Waals surface area contributed by atoms with Crippen molar-refractivity contribution in [1.82, 2.24) is 4.98 Å². The van der Waals surface area contributed by atoms with Crippen LogP contribution >= 0.6 is 0 Å². The molecule has 0 radical (unpaired) electrons. The molecule has 0 aliphatic carbocycles. The summed E-state index contributed by atoms with van der Waals surface area (Å²) in [6.45, 7) is 7.81. The van der Waals surface area contributed by atoms with E-state index in [-0.39, 0.29) is 17.6 Å². The van der Waals surface area contributed by atoms with Crippen LogP contribution in [0.15, 0.2) is 4.42 Å². The van der Waals surface area contributed by atoms with Crippen LogP contribution in [0.5, 0.6) is 0 Å². The highest BCUT2D eigenvalue weighted by atomic mass is 16.4. The number of aromatic carboxylic acids is 1. The molecule has 1 atom stereocenters. The number of rotatable bonds is 4. The summed E-state index contributed by atoms with van der Waals surface area (Å²) in [5.74, 6) is -0.298. The van der Waals surface area contributed by atoms with Gasteiger partial charge < -0.3 is 9.52 Å². The molecule has 0 aliphatic heterocycles. The van der Waals surface area contributed by atoms with Crippen molar-refractivity contribution in [3.8, 4) is 0 Å². The molecule has 1 heterocycles. The summed E-state index contributed by atoms with van der Waals surface area (Å²) in [4.78, 5) is 15.2. The van der Waals surface area contributed by atoms with E-state index in [4.69, 9.17) is 9.52 Å². The normalized spacial score (nSPS) is 13.1. The van der Waals surface area contributed by atoms with Crippen LogP contribution in [0.25, 0.3) is 0 Å². The van der Waals surface area contributed by atoms with Gasteiger partial charge in [-0.15, -0.1) is 0 Å². The maximum Gasteiger partial charge on any atom is 0.373 e. The predicted molar refractivity (Wildman–Crippen MR) is 56.3 cm³/mol. The molecule has 1 aromatic heterocycles. The second-order valence-electron chi connectivity index (χ2n) is 4.04. The van der Waals surface area contributed by atoms with Crippen molar-refractivity contribution in [2.75, 3.05) is 0 Å². The molecule has 84 valence electrons. The molecular formula is C11H17NO3. The summed E-state index contributed by atoms with van der Waals surface area (Å²) < 4.78 is 5.28. The number of oxazole rings is 1. The third-order valence-corrected chi connectivity index (χ3v) is 2.44. The molecule has 4 heteroatoms. The van der Waals surface area contributed by atoms with E-state index in [1.807, 2.05) is 27.7 Å². The fraction of sp³-hybridized carbons (Fsp3) is 0.636. The molecule has 1 aromatic rings. The molecule has 0 amide bonds. The van der Waals surface area contributed by atoms with Gasteiger partial charge >= 0.3 is 5.97 Å². The van der Waals surface area contributed by atoms with Gasteiger partial charge in [0.1, 0.15) is 0 Å². The lowest BCUT2D eigenvalue weighted by Crippen LogP contribution is -2.01. The van der Waals surface area contributed by atoms with Crippen LogP contribution in [0, 0.1) is 0 Å². The lowest BCUT2D eigenvalue weighted by atomic mass is 10.1. The van der Waals surface area contributed by atoms with E-state index in [0.717, 1.165) is 6.42 Å². The lowest BCUT2D eigenvalue weighted by Gasteiger charge is -2.00. The lowest BCUT2D eigenvalue weighted by molar-refractivity contribution is 0.0657. The molecule has 0 saturated heterocycles. The Kier molecular flexibility index (Phi) is 3.50. The molecule has 1 unspecified atom stereocenters. The Balaban J connectivity index is 3.15. The molecule has 15 heavy (non-hydrogen) atoms. The zero-order valence-electron chi connectivity index (χ0n) is 9.57. The summed E-state index contributed by atoms with van der Waals surface area (Å²) in [6.07, 6.45) is 0.886. The van der Waals surface area contributed by atoms with E-state index in [9.17, 15) is 4.79 Å². The highest BCUT2D eigenvalue weighted by molar-refractivity contribution is 5.85. The number of nitrogens with zero attached hydrogens (tertiary/aromatic N) is 1. The van der Waals surface area contributed by atoms with Gasteiger partial charge in [-0.2, -0.15) is 0 Å². The van der Waals surface area contributed by atoms with Gasteiger partial charge in [0.2, 0.25) is 5.76 Å². The molecule has 0 bridgehead atoms. The second kappa shape index (κ2) is 4.47. The second-order valence-corrected chi connectivity index (χ2v) is 4.04. The Hall–Kier alpha value is -1.32. The largest absolute Gasteiger partial charge is 0.475 e. The van der Waals surface area contributed by atoms with E-state index < -0.39 is 5.97 Å². The zero-order valence-corrected chi connectivity index (χ0v) is 9.57. The third kappa shape index (κ3) is 2.37. The van der Waals surface area contributed by atoms with Gasteiger partial charge in [-0.3, -0.25) is 0 Å². The first-order valence-electron chi connectivity index (χ1n) is 5.21. The highest BCUT2D eigenvalue weighted by Gasteiger charge is 2.23. The Bertz CT molecular complexity index is 355. The molecule has 1 N–H and O–H groups in total. The van der Waals surface area contributed by atoms with Gasteiger partial charge in [0.15, 0.2) is 5.89 Å². The molecule has 0 aliphatic rings. The fourth-order valence-corrected chi connectivity index (χ4v) is 1.28. The van der Waals surface area contributed by atoms with E-state index in [0.29, 0.717) is 11.6 Å². The van der Waals surface area contributed by atoms with Crippen LogP contribution < -0.4 is 0 Å². The number of carbonyl (C=O) groups is 1. The summed E-state index contributed by atoms with van der Waals surface area (Å²) in [5.41, 5.74) is 0.540. The zero-order chi connectivity index (χ0) is 11.6. The summed E-state index contributed by atoms with van der Waals surface area (Å²) in [5, 5.41) is 8.95. The summed E-state index contributed by atoms with van der Waals surface area (Å²) >= 11 is 0.